The van der Waals surface area contributed by atoms with E-state index in [1.54, 1.807) is 13.8 Å². The number of carboxylic acids is 2. The molecule has 0 aliphatic heterocycles. The van der Waals surface area contributed by atoms with Crippen molar-refractivity contribution in [2.24, 2.45) is 0 Å². The summed E-state index contributed by atoms with van der Waals surface area (Å²) in [5, 5.41) is 23.8. The lowest BCUT2D eigenvalue weighted by Crippen LogP contribution is -1.92. The predicted octanol–water partition coefficient (Wildman–Crippen LogP) is 1.68. The van der Waals surface area contributed by atoms with Crippen LogP contribution in [-0.4, -0.2) is 33.4 Å². The molecule has 0 fully saturated rings. The fourth-order valence-corrected chi connectivity index (χ4v) is 0. The van der Waals surface area contributed by atoms with E-state index in [1.807, 2.05) is 0 Å². The fraction of sp³-hybridized carbons (Fsp3) is 0.455. The minimum absolute atomic E-state index is 0.167. The van der Waals surface area contributed by atoms with Gasteiger partial charge in [-0.25, -0.2) is 9.59 Å². The number of hydrogen-bond donors (Lipinski definition) is 3. The summed E-state index contributed by atoms with van der Waals surface area (Å²) in [5.41, 5.74) is 0.352. The lowest BCUT2D eigenvalue weighted by Gasteiger charge is -1.80. The van der Waals surface area contributed by atoms with E-state index in [9.17, 15) is 9.59 Å². The van der Waals surface area contributed by atoms with Crippen LogP contribution in [-0.2, 0) is 9.59 Å². The van der Waals surface area contributed by atoms with Crippen molar-refractivity contribution in [1.29, 1.82) is 0 Å². The van der Waals surface area contributed by atoms with Crippen LogP contribution < -0.4 is 0 Å². The first-order chi connectivity index (χ1) is 7.02. The van der Waals surface area contributed by atoms with E-state index in [2.05, 4.69) is 13.2 Å². The van der Waals surface area contributed by atoms with Crippen molar-refractivity contribution < 1.29 is 24.9 Å². The van der Waals surface area contributed by atoms with Crippen molar-refractivity contribution in [1.82, 2.24) is 0 Å². The van der Waals surface area contributed by atoms with Crippen LogP contribution in [0, 0.1) is 0 Å². The van der Waals surface area contributed by atoms with Gasteiger partial charge in [0.2, 0.25) is 0 Å². The third-order valence-electron chi connectivity index (χ3n) is 0.730. The van der Waals surface area contributed by atoms with Gasteiger partial charge in [0.25, 0.3) is 0 Å². The van der Waals surface area contributed by atoms with Crippen LogP contribution >= 0.6 is 0 Å². The molecule has 0 bridgehead atoms. The molecule has 5 heteroatoms. The summed E-state index contributed by atoms with van der Waals surface area (Å²) in [6.45, 7) is 12.6. The van der Waals surface area contributed by atoms with Gasteiger partial charge in [0.1, 0.15) is 0 Å². The smallest absolute Gasteiger partial charge is 0.330 e. The van der Waals surface area contributed by atoms with Crippen molar-refractivity contribution in [3.63, 3.8) is 0 Å². The predicted molar refractivity (Wildman–Crippen MR) is 62.3 cm³/mol. The highest BCUT2D eigenvalue weighted by molar-refractivity contribution is 5.85. The number of carboxylic acid groups (broad SMARTS) is 2. The minimum atomic E-state index is -0.935. The molecule has 0 aromatic rings. The fourth-order valence-electron chi connectivity index (χ4n) is 0. The van der Waals surface area contributed by atoms with Crippen molar-refractivity contribution in [3.05, 3.63) is 24.3 Å². The number of aliphatic hydroxyl groups is 1. The van der Waals surface area contributed by atoms with E-state index in [0.29, 0.717) is 0 Å². The van der Waals surface area contributed by atoms with Gasteiger partial charge in [-0.1, -0.05) is 13.2 Å². The summed E-state index contributed by atoms with van der Waals surface area (Å²) >= 11 is 0. The minimum Gasteiger partial charge on any atom is -0.478 e. The zero-order valence-electron chi connectivity index (χ0n) is 10.1. The van der Waals surface area contributed by atoms with Crippen LogP contribution in [0.1, 0.15) is 27.7 Å². The molecule has 0 aromatic heterocycles. The number of aliphatic carboxylic acids is 2. The summed E-state index contributed by atoms with van der Waals surface area (Å²) in [6, 6.07) is 0. The molecule has 0 atom stereocenters. The average Bonchev–Trinajstić information content (AvgIpc) is 2.03. The highest BCUT2D eigenvalue weighted by Gasteiger charge is 1.90. The summed E-state index contributed by atoms with van der Waals surface area (Å²) < 4.78 is 0. The summed E-state index contributed by atoms with van der Waals surface area (Å²) in [6.07, 6.45) is -0.167. The van der Waals surface area contributed by atoms with E-state index in [0.717, 1.165) is 0 Å². The van der Waals surface area contributed by atoms with Gasteiger partial charge < -0.3 is 15.3 Å². The number of carbonyl (C=O) groups is 2. The maximum Gasteiger partial charge on any atom is 0.330 e. The lowest BCUT2D eigenvalue weighted by atomic mass is 10.4. The van der Waals surface area contributed by atoms with Crippen LogP contribution in [0.15, 0.2) is 24.3 Å². The molecule has 0 spiro atoms. The Morgan fingerprint density at radius 2 is 1.00 bits per heavy atom. The third-order valence-corrected chi connectivity index (χ3v) is 0.730. The first-order valence-electron chi connectivity index (χ1n) is 4.48. The summed E-state index contributed by atoms with van der Waals surface area (Å²) in [4.78, 5) is 19.2. The first kappa shape index (κ1) is 19.9. The molecule has 16 heavy (non-hydrogen) atoms. The topological polar surface area (TPSA) is 94.8 Å². The molecule has 0 saturated carbocycles. The largest absolute Gasteiger partial charge is 0.478 e. The molecule has 94 valence electrons. The molecular formula is C11H20O5. The SMILES string of the molecule is C=C(C)C(=O)O.C=C(C)C(=O)O.CC(C)O. The quantitative estimate of drug-likeness (QED) is 0.629. The molecule has 0 aliphatic carbocycles. The molecule has 0 amide bonds. The first-order valence-corrected chi connectivity index (χ1v) is 4.48. The number of aliphatic hydroxyl groups excluding tert-OH is 1. The molecule has 0 aromatic carbocycles. The highest BCUT2D eigenvalue weighted by atomic mass is 16.4. The second kappa shape index (κ2) is 11.5. The Bertz CT molecular complexity index is 202. The van der Waals surface area contributed by atoms with Gasteiger partial charge in [-0.05, 0) is 27.7 Å². The van der Waals surface area contributed by atoms with Crippen LogP contribution in [0.3, 0.4) is 0 Å². The molecule has 0 radical (unpaired) electrons. The van der Waals surface area contributed by atoms with Gasteiger partial charge in [0, 0.05) is 17.3 Å². The van der Waals surface area contributed by atoms with Crippen LogP contribution in [0.4, 0.5) is 0 Å². The van der Waals surface area contributed by atoms with E-state index >= 15 is 0 Å². The highest BCUT2D eigenvalue weighted by Crippen LogP contribution is 1.81. The molecular weight excluding hydrogens is 212 g/mol. The van der Waals surface area contributed by atoms with Gasteiger partial charge >= 0.3 is 11.9 Å². The molecule has 0 unspecified atom stereocenters. The third kappa shape index (κ3) is 39.4. The Morgan fingerprint density at radius 1 is 0.938 bits per heavy atom. The van der Waals surface area contributed by atoms with Crippen molar-refractivity contribution in [2.75, 3.05) is 0 Å². The molecule has 0 rings (SSSR count). The zero-order chi connectivity index (χ0) is 13.9. The Labute approximate surface area is 95.7 Å². The molecule has 0 heterocycles. The molecule has 5 nitrogen and oxygen atoms in total. The van der Waals surface area contributed by atoms with Crippen molar-refractivity contribution in [3.8, 4) is 0 Å². The Balaban J connectivity index is -0.000000162. The van der Waals surface area contributed by atoms with Gasteiger partial charge in [0.05, 0.1) is 0 Å². The molecule has 0 aliphatic rings. The van der Waals surface area contributed by atoms with Gasteiger partial charge in [-0.2, -0.15) is 0 Å². The Kier molecular flexibility index (Phi) is 14.2. The van der Waals surface area contributed by atoms with Gasteiger partial charge in [-0.15, -0.1) is 0 Å². The Morgan fingerprint density at radius 3 is 1.00 bits per heavy atom. The van der Waals surface area contributed by atoms with E-state index < -0.39 is 11.9 Å². The van der Waals surface area contributed by atoms with Crippen molar-refractivity contribution >= 4 is 11.9 Å². The number of rotatable bonds is 2. The summed E-state index contributed by atoms with van der Waals surface area (Å²) in [7, 11) is 0. The average molecular weight is 232 g/mol. The zero-order valence-corrected chi connectivity index (χ0v) is 10.1. The molecule has 3 N–H and O–H groups in total. The van der Waals surface area contributed by atoms with Gasteiger partial charge in [0.15, 0.2) is 0 Å². The maximum absolute atomic E-state index is 9.60. The normalized spacial score (nSPS) is 7.88. The Hall–Kier alpha value is -1.62. The van der Waals surface area contributed by atoms with E-state index in [4.69, 9.17) is 15.3 Å². The second-order valence-electron chi connectivity index (χ2n) is 3.26. The van der Waals surface area contributed by atoms with Crippen molar-refractivity contribution in [2.45, 2.75) is 33.8 Å². The van der Waals surface area contributed by atoms with Crippen LogP contribution in [0.5, 0.6) is 0 Å². The number of hydrogen-bond acceptors (Lipinski definition) is 3. The molecule has 0 saturated heterocycles. The second-order valence-corrected chi connectivity index (χ2v) is 3.26. The van der Waals surface area contributed by atoms with Crippen LogP contribution in [0.25, 0.3) is 0 Å². The van der Waals surface area contributed by atoms with Gasteiger partial charge in [-0.3, -0.25) is 0 Å². The lowest BCUT2D eigenvalue weighted by molar-refractivity contribution is -0.133. The standard InChI is InChI=1S/2C4H6O2.C3H8O/c2*1-3(2)4(5)6;1-3(2)4/h2*1H2,2H3,(H,5,6);3-4H,1-2H3. The van der Waals surface area contributed by atoms with E-state index in [-0.39, 0.29) is 17.3 Å². The summed E-state index contributed by atoms with van der Waals surface area (Å²) in [5.74, 6) is -1.87. The van der Waals surface area contributed by atoms with E-state index in [1.165, 1.54) is 13.8 Å². The maximum atomic E-state index is 9.60. The van der Waals surface area contributed by atoms with Crippen LogP contribution in [0.2, 0.25) is 0 Å². The monoisotopic (exact) mass is 232 g/mol.